The largest absolute Gasteiger partial charge is 0.394 e. The highest BCUT2D eigenvalue weighted by Gasteiger charge is 2.51. The van der Waals surface area contributed by atoms with Crippen LogP contribution in [0.1, 0.15) is 25.1 Å². The second kappa shape index (κ2) is 16.7. The van der Waals surface area contributed by atoms with Crippen molar-refractivity contribution in [2.45, 2.75) is 73.9 Å². The van der Waals surface area contributed by atoms with E-state index in [0.29, 0.717) is 0 Å². The highest BCUT2D eigenvalue weighted by molar-refractivity contribution is 8.44. The highest BCUT2D eigenvalue weighted by Crippen LogP contribution is 2.57. The molecular weight excluding hydrogens is 905 g/mol. The van der Waals surface area contributed by atoms with Crippen molar-refractivity contribution in [3.63, 3.8) is 0 Å². The molecule has 3 aliphatic heterocycles. The number of aliphatic hydroxyl groups is 4. The minimum atomic E-state index is -4.39. The number of nitrogens with two attached hydrogens (primary N) is 3. The van der Waals surface area contributed by atoms with Gasteiger partial charge >= 0.3 is 13.5 Å². The lowest BCUT2D eigenvalue weighted by Gasteiger charge is -2.27. The zero-order chi connectivity index (χ0) is 43.7. The topological polar surface area (TPSA) is 392 Å². The molecule has 0 radical (unpaired) electrons. The number of aromatic nitrogens is 12. The maximum absolute atomic E-state index is 13.8. The number of nitrogen functional groups attached to an aromatic ring is 3. The van der Waals surface area contributed by atoms with Gasteiger partial charge in [-0.3, -0.25) is 27.3 Å². The molecule has 13 atom stereocenters. The molecule has 0 aromatic carbocycles. The Kier molecular flexibility index (Phi) is 11.6. The van der Waals surface area contributed by atoms with E-state index in [1.165, 1.54) is 51.7 Å². The van der Waals surface area contributed by atoms with Crippen LogP contribution in [-0.2, 0) is 48.7 Å². The Morgan fingerprint density at radius 2 is 1.18 bits per heavy atom. The van der Waals surface area contributed by atoms with E-state index in [2.05, 4.69) is 57.1 Å². The summed E-state index contributed by atoms with van der Waals surface area (Å²) in [4.78, 5) is 48.3. The molecule has 0 bridgehead atoms. The lowest BCUT2D eigenvalue weighted by Crippen LogP contribution is -2.36. The molecule has 11 N–H and O–H groups in total. The number of rotatable bonds is 14. The Morgan fingerprint density at radius 3 is 1.73 bits per heavy atom. The van der Waals surface area contributed by atoms with Crippen LogP contribution in [-0.4, -0.2) is 153 Å². The maximum Gasteiger partial charge on any atom is 0.386 e. The van der Waals surface area contributed by atoms with Gasteiger partial charge in [0.15, 0.2) is 53.1 Å². The molecule has 28 nitrogen and oxygen atoms in total. The van der Waals surface area contributed by atoms with Crippen LogP contribution in [0.15, 0.2) is 38.0 Å². The average molecular weight is 942 g/mol. The fourth-order valence-corrected chi connectivity index (χ4v) is 10.3. The van der Waals surface area contributed by atoms with Gasteiger partial charge in [-0.25, -0.2) is 49.4 Å². The predicted molar refractivity (Wildman–Crippen MR) is 215 cm³/mol. The molecule has 32 heteroatoms. The Labute approximate surface area is 357 Å². The van der Waals surface area contributed by atoms with E-state index in [1.54, 1.807) is 0 Å². The third-order valence-corrected chi connectivity index (χ3v) is 13.5. The lowest BCUT2D eigenvalue weighted by molar-refractivity contribution is -0.0580. The maximum atomic E-state index is 13.8. The number of fused-ring (bicyclic) bond motifs is 3. The summed E-state index contributed by atoms with van der Waals surface area (Å²) >= 11 is 9.53. The second-order valence-corrected chi connectivity index (χ2v) is 19.8. The van der Waals surface area contributed by atoms with Crippen LogP contribution in [0.5, 0.6) is 0 Å². The Morgan fingerprint density at radius 1 is 0.694 bits per heavy atom. The van der Waals surface area contributed by atoms with Gasteiger partial charge in [-0.05, 0) is 11.8 Å². The van der Waals surface area contributed by atoms with E-state index in [0.717, 1.165) is 0 Å². The molecule has 3 aliphatic rings. The van der Waals surface area contributed by atoms with E-state index in [-0.39, 0.29) is 57.4 Å². The monoisotopic (exact) mass is 941 g/mol. The van der Waals surface area contributed by atoms with Crippen molar-refractivity contribution in [2.75, 3.05) is 37.0 Å². The standard InChI is InChI=1S/C30H37N15O13P2S2/c31-22-15-25(37-5-34-22)43(8-40-15)28-12(1-11(2-46)54-28)57-59(50,61)52-4-14-19(48)21(30(56-14)45-10-42-17-24(33)36-7-39-27(17)45)58-60(51,62)53-3-13-18(47)20(49)29(55-13)44-9-41-16-23(32)35-6-38-26(16)44/h5-14,18-21,28-30,46-49H,1-4H2,(H,50,61)(H,51,62)(H2,31,34,37)(H2,32,35,38)(H2,33,36,39). The summed E-state index contributed by atoms with van der Waals surface area (Å²) in [6.07, 6.45) is -6.61. The van der Waals surface area contributed by atoms with Gasteiger partial charge in [-0.15, -0.1) is 0 Å². The number of anilines is 3. The van der Waals surface area contributed by atoms with Gasteiger partial charge in [0.25, 0.3) is 0 Å². The van der Waals surface area contributed by atoms with Crippen LogP contribution in [0.3, 0.4) is 0 Å². The fraction of sp³-hybridized carbons (Fsp3) is 0.500. The summed E-state index contributed by atoms with van der Waals surface area (Å²) < 4.78 is 59.0. The van der Waals surface area contributed by atoms with E-state index < -0.39 is 101 Å². The van der Waals surface area contributed by atoms with Gasteiger partial charge in [0, 0.05) is 6.42 Å². The first-order valence-electron chi connectivity index (χ1n) is 18.3. The van der Waals surface area contributed by atoms with E-state index in [4.69, 9.17) is 61.3 Å². The van der Waals surface area contributed by atoms with Gasteiger partial charge in [0.2, 0.25) is 0 Å². The summed E-state index contributed by atoms with van der Waals surface area (Å²) in [6.45, 7) is -10.3. The number of aliphatic hydroxyl groups excluding tert-OH is 4. The molecule has 0 amide bonds. The molecule has 13 unspecified atom stereocenters. The molecule has 332 valence electrons. The molecule has 0 aliphatic carbocycles. The first-order valence-corrected chi connectivity index (χ1v) is 23.6. The minimum absolute atomic E-state index is 0.0286. The molecular formula is C30H37N15O13P2S2. The average Bonchev–Trinajstić information content (AvgIpc) is 4.10. The summed E-state index contributed by atoms with van der Waals surface area (Å²) in [7, 11) is 0. The van der Waals surface area contributed by atoms with Gasteiger partial charge in [0.05, 0.1) is 44.9 Å². The van der Waals surface area contributed by atoms with Crippen LogP contribution >= 0.6 is 25.8 Å². The molecule has 9 rings (SSSR count). The molecule has 6 aromatic heterocycles. The SMILES string of the molecule is Nc1ncnc2c1ncn2C1OC(CO)CC1OP(=O)(S)OCC1OC(n2cnc3c(N)ncnc32)C(OP(O)(=S)OCC2OC(n3cnc4c(N)ncnc43)C(O)C2O)C1O. The number of hydrogen-bond acceptors (Lipinski definition) is 25. The fourth-order valence-electron chi connectivity index (χ4n) is 7.35. The summed E-state index contributed by atoms with van der Waals surface area (Å²) in [5, 5.41) is 43.4. The van der Waals surface area contributed by atoms with E-state index in [1.807, 2.05) is 0 Å². The molecule has 6 aromatic rings. The second-order valence-electron chi connectivity index (χ2n) is 14.2. The minimum Gasteiger partial charge on any atom is -0.394 e. The number of nitrogens with zero attached hydrogens (tertiary/aromatic N) is 12. The van der Waals surface area contributed by atoms with Crippen LogP contribution in [0, 0.1) is 0 Å². The molecule has 0 saturated carbocycles. The van der Waals surface area contributed by atoms with E-state index >= 15 is 0 Å². The zero-order valence-corrected chi connectivity index (χ0v) is 35.0. The van der Waals surface area contributed by atoms with Crippen molar-refractivity contribution >= 4 is 88.5 Å². The molecule has 3 fully saturated rings. The number of thiol groups is 1. The molecule has 9 heterocycles. The van der Waals surface area contributed by atoms with Gasteiger partial charge < -0.3 is 61.3 Å². The normalized spacial score (nSPS) is 31.0. The quantitative estimate of drug-likeness (QED) is 0.0442. The Hall–Kier alpha value is -4.20. The van der Waals surface area contributed by atoms with Crippen molar-refractivity contribution in [1.29, 1.82) is 0 Å². The van der Waals surface area contributed by atoms with Crippen molar-refractivity contribution in [3.05, 3.63) is 38.0 Å². The van der Waals surface area contributed by atoms with Crippen molar-refractivity contribution < 1.29 is 62.2 Å². The van der Waals surface area contributed by atoms with Crippen molar-refractivity contribution in [2.24, 2.45) is 0 Å². The molecule has 0 spiro atoms. The van der Waals surface area contributed by atoms with Gasteiger partial charge in [0.1, 0.15) is 78.3 Å². The van der Waals surface area contributed by atoms with Crippen LogP contribution in [0.25, 0.3) is 33.5 Å². The molecule has 62 heavy (non-hydrogen) atoms. The third-order valence-electron chi connectivity index (χ3n) is 10.3. The highest BCUT2D eigenvalue weighted by atomic mass is 32.7. The smallest absolute Gasteiger partial charge is 0.386 e. The summed E-state index contributed by atoms with van der Waals surface area (Å²) in [5.41, 5.74) is 19.2. The number of ether oxygens (including phenoxy) is 3. The Bertz CT molecular complexity index is 2720. The van der Waals surface area contributed by atoms with Gasteiger partial charge in [-0.2, -0.15) is 0 Å². The number of hydrogen-bond donors (Lipinski definition) is 9. The third kappa shape index (κ3) is 7.99. The number of imidazole rings is 3. The first kappa shape index (κ1) is 43.1. The Balaban J connectivity index is 0.904. The summed E-state index contributed by atoms with van der Waals surface area (Å²) in [6, 6.07) is 0. The van der Waals surface area contributed by atoms with Crippen LogP contribution < -0.4 is 17.2 Å². The van der Waals surface area contributed by atoms with Crippen molar-refractivity contribution in [3.8, 4) is 0 Å². The molecule has 3 saturated heterocycles. The first-order chi connectivity index (χ1) is 29.6. The predicted octanol–water partition coefficient (Wildman–Crippen LogP) is -1.53. The summed E-state index contributed by atoms with van der Waals surface area (Å²) in [5.74, 6) is 0.230. The van der Waals surface area contributed by atoms with E-state index in [9.17, 15) is 29.9 Å². The van der Waals surface area contributed by atoms with Crippen LogP contribution in [0.2, 0.25) is 0 Å². The van der Waals surface area contributed by atoms with Crippen LogP contribution in [0.4, 0.5) is 17.5 Å². The van der Waals surface area contributed by atoms with Crippen molar-refractivity contribution in [1.82, 2.24) is 58.6 Å². The van der Waals surface area contributed by atoms with Gasteiger partial charge in [-0.1, -0.05) is 12.2 Å². The lowest BCUT2D eigenvalue weighted by atomic mass is 10.1. The zero-order valence-electron chi connectivity index (χ0n) is 31.5.